The van der Waals surface area contributed by atoms with Crippen LogP contribution in [-0.2, 0) is 6.42 Å². The van der Waals surface area contributed by atoms with Gasteiger partial charge in [-0.3, -0.25) is 4.79 Å². The number of para-hydroxylation sites is 2. The summed E-state index contributed by atoms with van der Waals surface area (Å²) in [4.78, 5) is 20.6. The first-order valence-corrected chi connectivity index (χ1v) is 11.1. The molecule has 0 aliphatic carbocycles. The van der Waals surface area contributed by atoms with Crippen LogP contribution >= 0.6 is 23.1 Å². The molecule has 4 nitrogen and oxygen atoms in total. The van der Waals surface area contributed by atoms with Gasteiger partial charge in [0.2, 0.25) is 0 Å². The molecule has 2 aromatic heterocycles. The second-order valence-corrected chi connectivity index (χ2v) is 8.86. The summed E-state index contributed by atoms with van der Waals surface area (Å²) in [7, 11) is 0. The summed E-state index contributed by atoms with van der Waals surface area (Å²) in [5.74, 6) is 1.09. The van der Waals surface area contributed by atoms with Crippen LogP contribution in [0.1, 0.15) is 5.56 Å². The standard InChI is InChI=1S/C22H19N3OS2/c26-21-19(28-22-23-17-8-4-5-9-18(17)25(21)22)10-11-20-24(14-15-27-20)13-12-16-6-2-1-3-7-16/h1-11H,12-15H2/b19-10+,20-11+. The number of hydrogen-bond acceptors (Lipinski definition) is 5. The van der Waals surface area contributed by atoms with Gasteiger partial charge in [-0.15, -0.1) is 11.8 Å². The Labute approximate surface area is 170 Å². The second-order valence-electron chi connectivity index (χ2n) is 6.73. The van der Waals surface area contributed by atoms with Gasteiger partial charge in [0.25, 0.3) is 5.56 Å². The Morgan fingerprint density at radius 2 is 1.86 bits per heavy atom. The van der Waals surface area contributed by atoms with Crippen molar-refractivity contribution in [3.8, 4) is 0 Å². The lowest BCUT2D eigenvalue weighted by Gasteiger charge is -2.18. The summed E-state index contributed by atoms with van der Waals surface area (Å²) in [6.07, 6.45) is 5.08. The third-order valence-corrected chi connectivity index (χ3v) is 7.02. The minimum Gasteiger partial charge on any atom is -0.365 e. The van der Waals surface area contributed by atoms with Gasteiger partial charge in [0.15, 0.2) is 4.96 Å². The van der Waals surface area contributed by atoms with Gasteiger partial charge in [-0.05, 0) is 36.3 Å². The summed E-state index contributed by atoms with van der Waals surface area (Å²) in [5, 5.41) is 1.24. The number of rotatable bonds is 4. The van der Waals surface area contributed by atoms with Crippen LogP contribution in [-0.4, -0.2) is 33.1 Å². The Hall–Kier alpha value is -2.57. The third kappa shape index (κ3) is 3.23. The quantitative estimate of drug-likeness (QED) is 0.521. The van der Waals surface area contributed by atoms with Crippen molar-refractivity contribution in [2.75, 3.05) is 18.8 Å². The van der Waals surface area contributed by atoms with Crippen LogP contribution in [0.3, 0.4) is 0 Å². The molecule has 0 amide bonds. The number of aromatic nitrogens is 2. The van der Waals surface area contributed by atoms with Crippen molar-refractivity contribution in [1.29, 1.82) is 0 Å². The lowest BCUT2D eigenvalue weighted by molar-refractivity contribution is 0.407. The molecule has 0 N–H and O–H groups in total. The first kappa shape index (κ1) is 17.5. The van der Waals surface area contributed by atoms with E-state index >= 15 is 0 Å². The molecule has 5 rings (SSSR count). The number of allylic oxidation sites excluding steroid dienone is 1. The molecule has 0 radical (unpaired) electrons. The zero-order valence-corrected chi connectivity index (χ0v) is 16.9. The van der Waals surface area contributed by atoms with Crippen LogP contribution in [0.15, 0.2) is 70.5 Å². The number of nitrogens with zero attached hydrogens (tertiary/aromatic N) is 3. The molecule has 2 aromatic carbocycles. The highest BCUT2D eigenvalue weighted by Crippen LogP contribution is 2.27. The fraction of sp³-hybridized carbons (Fsp3) is 0.182. The van der Waals surface area contributed by atoms with Crippen LogP contribution in [0.25, 0.3) is 22.1 Å². The number of benzene rings is 2. The molecule has 1 saturated heterocycles. The highest BCUT2D eigenvalue weighted by Gasteiger charge is 2.17. The van der Waals surface area contributed by atoms with Crippen LogP contribution in [0.4, 0.5) is 0 Å². The molecule has 1 fully saturated rings. The molecule has 1 aliphatic heterocycles. The van der Waals surface area contributed by atoms with Crippen molar-refractivity contribution in [3.63, 3.8) is 0 Å². The fourth-order valence-electron chi connectivity index (χ4n) is 3.52. The molecule has 0 saturated carbocycles. The smallest absolute Gasteiger partial charge is 0.274 e. The van der Waals surface area contributed by atoms with Crippen molar-refractivity contribution in [3.05, 3.63) is 86.2 Å². The van der Waals surface area contributed by atoms with E-state index in [9.17, 15) is 4.79 Å². The van der Waals surface area contributed by atoms with Gasteiger partial charge in [0, 0.05) is 18.8 Å². The van der Waals surface area contributed by atoms with Crippen molar-refractivity contribution in [1.82, 2.24) is 14.3 Å². The highest BCUT2D eigenvalue weighted by atomic mass is 32.2. The Balaban J connectivity index is 1.43. The Morgan fingerprint density at radius 3 is 2.75 bits per heavy atom. The molecule has 0 atom stereocenters. The topological polar surface area (TPSA) is 37.6 Å². The van der Waals surface area contributed by atoms with Gasteiger partial charge in [0.1, 0.15) is 0 Å². The van der Waals surface area contributed by atoms with E-state index in [1.165, 1.54) is 21.9 Å². The Morgan fingerprint density at radius 1 is 1.04 bits per heavy atom. The van der Waals surface area contributed by atoms with E-state index in [1.807, 2.05) is 42.1 Å². The number of hydrogen-bond donors (Lipinski definition) is 0. The van der Waals surface area contributed by atoms with Gasteiger partial charge < -0.3 is 4.90 Å². The number of fused-ring (bicyclic) bond motifs is 3. The van der Waals surface area contributed by atoms with Gasteiger partial charge in [0.05, 0.1) is 20.6 Å². The Kier molecular flexibility index (Phi) is 4.66. The van der Waals surface area contributed by atoms with E-state index in [2.05, 4.69) is 46.3 Å². The van der Waals surface area contributed by atoms with Crippen LogP contribution in [0.2, 0.25) is 0 Å². The minimum absolute atomic E-state index is 0.0179. The normalized spacial score (nSPS) is 16.8. The van der Waals surface area contributed by atoms with Crippen LogP contribution in [0.5, 0.6) is 0 Å². The van der Waals surface area contributed by atoms with E-state index < -0.39 is 0 Å². The summed E-state index contributed by atoms with van der Waals surface area (Å²) in [6.45, 7) is 2.05. The number of thiazole rings is 1. The number of thioether (sulfide) groups is 1. The maximum atomic E-state index is 12.9. The van der Waals surface area contributed by atoms with Crippen molar-refractivity contribution >= 4 is 45.2 Å². The SMILES string of the molecule is O=c1/c(=C\C=C2\SCCN2CCc2ccccc2)sc2nc3ccccc3n12. The lowest BCUT2D eigenvalue weighted by Crippen LogP contribution is -2.23. The molecule has 1 aliphatic rings. The maximum absolute atomic E-state index is 12.9. The average Bonchev–Trinajstić information content (AvgIpc) is 3.40. The Bertz CT molecular complexity index is 1270. The third-order valence-electron chi connectivity index (χ3n) is 4.96. The minimum atomic E-state index is 0.0179. The van der Waals surface area contributed by atoms with Gasteiger partial charge >= 0.3 is 0 Å². The van der Waals surface area contributed by atoms with Gasteiger partial charge in [-0.1, -0.05) is 53.8 Å². The van der Waals surface area contributed by atoms with Crippen molar-refractivity contribution in [2.24, 2.45) is 0 Å². The van der Waals surface area contributed by atoms with E-state index in [1.54, 1.807) is 4.40 Å². The van der Waals surface area contributed by atoms with E-state index in [0.717, 1.165) is 45.8 Å². The lowest BCUT2D eigenvalue weighted by atomic mass is 10.1. The summed E-state index contributed by atoms with van der Waals surface area (Å²) >= 11 is 3.31. The van der Waals surface area contributed by atoms with E-state index in [-0.39, 0.29) is 5.56 Å². The number of imidazole rings is 1. The first-order valence-electron chi connectivity index (χ1n) is 9.33. The largest absolute Gasteiger partial charge is 0.365 e. The fourth-order valence-corrected chi connectivity index (χ4v) is 5.50. The molecule has 140 valence electrons. The molecular weight excluding hydrogens is 386 g/mol. The predicted molar refractivity (Wildman–Crippen MR) is 119 cm³/mol. The predicted octanol–water partition coefficient (Wildman–Crippen LogP) is 3.54. The molecule has 0 spiro atoms. The molecule has 6 heteroatoms. The molecule has 28 heavy (non-hydrogen) atoms. The highest BCUT2D eigenvalue weighted by molar-refractivity contribution is 8.03. The van der Waals surface area contributed by atoms with Crippen molar-refractivity contribution in [2.45, 2.75) is 6.42 Å². The zero-order chi connectivity index (χ0) is 18.9. The van der Waals surface area contributed by atoms with Crippen LogP contribution < -0.4 is 10.1 Å². The van der Waals surface area contributed by atoms with Gasteiger partial charge in [-0.2, -0.15) is 0 Å². The molecule has 4 aromatic rings. The molecular formula is C22H19N3OS2. The summed E-state index contributed by atoms with van der Waals surface area (Å²) < 4.78 is 2.45. The molecule has 0 unspecified atom stereocenters. The maximum Gasteiger partial charge on any atom is 0.274 e. The van der Waals surface area contributed by atoms with Gasteiger partial charge in [-0.25, -0.2) is 9.38 Å². The molecule has 0 bridgehead atoms. The summed E-state index contributed by atoms with van der Waals surface area (Å²) in [5.41, 5.74) is 3.13. The zero-order valence-electron chi connectivity index (χ0n) is 15.2. The molecule has 3 heterocycles. The second kappa shape index (κ2) is 7.45. The monoisotopic (exact) mass is 405 g/mol. The van der Waals surface area contributed by atoms with E-state index in [4.69, 9.17) is 0 Å². The average molecular weight is 406 g/mol. The first-order chi connectivity index (χ1) is 13.8. The van der Waals surface area contributed by atoms with Crippen LogP contribution in [0, 0.1) is 0 Å². The summed E-state index contributed by atoms with van der Waals surface area (Å²) in [6, 6.07) is 18.4. The van der Waals surface area contributed by atoms with Crippen molar-refractivity contribution < 1.29 is 0 Å². The van der Waals surface area contributed by atoms with E-state index in [0.29, 0.717) is 0 Å².